The molecule has 0 spiro atoms. The lowest BCUT2D eigenvalue weighted by molar-refractivity contribution is 0.0698. The number of carbonyl (C=O) groups is 1. The van der Waals surface area contributed by atoms with Gasteiger partial charge in [-0.3, -0.25) is 0 Å². The molecule has 2 aromatic rings. The molecule has 5 heteroatoms. The Kier molecular flexibility index (Phi) is 3.98. The molecule has 98 valence electrons. The number of carboxylic acids is 1. The first kappa shape index (κ1) is 13.7. The normalized spacial score (nSPS) is 10.3. The Morgan fingerprint density at radius 3 is 2.42 bits per heavy atom. The van der Waals surface area contributed by atoms with Gasteiger partial charge in [-0.1, -0.05) is 41.4 Å². The molecule has 0 saturated carbocycles. The van der Waals surface area contributed by atoms with Gasteiger partial charge in [-0.2, -0.15) is 0 Å². The fraction of sp³-hybridized carbons (Fsp3) is 0.0714. The molecule has 2 aromatic carbocycles. The minimum absolute atomic E-state index is 0.172. The van der Waals surface area contributed by atoms with Crippen LogP contribution in [0.15, 0.2) is 36.4 Å². The Labute approximate surface area is 120 Å². The van der Waals surface area contributed by atoms with Crippen LogP contribution in [0.2, 0.25) is 10.0 Å². The zero-order valence-electron chi connectivity index (χ0n) is 9.98. The summed E-state index contributed by atoms with van der Waals surface area (Å²) in [4.78, 5) is 11.2. The maximum atomic E-state index is 11.2. The first-order valence-corrected chi connectivity index (χ1v) is 6.16. The van der Waals surface area contributed by atoms with E-state index in [2.05, 4.69) is 0 Å². The molecule has 0 atom stereocenters. The highest BCUT2D eigenvalue weighted by Gasteiger charge is 2.15. The van der Waals surface area contributed by atoms with Crippen LogP contribution in [-0.2, 0) is 0 Å². The van der Waals surface area contributed by atoms with E-state index < -0.39 is 5.97 Å². The van der Waals surface area contributed by atoms with Crippen LogP contribution in [0.4, 0.5) is 0 Å². The summed E-state index contributed by atoms with van der Waals surface area (Å²) in [5.41, 5.74) is 1.25. The number of hydrogen-bond donors (Lipinski definition) is 1. The van der Waals surface area contributed by atoms with Gasteiger partial charge in [0.05, 0.1) is 22.7 Å². The third kappa shape index (κ3) is 2.67. The number of halogens is 2. The summed E-state index contributed by atoms with van der Waals surface area (Å²) in [6.07, 6.45) is 0. The Bertz CT molecular complexity index is 639. The number of ether oxygens (including phenoxy) is 1. The highest BCUT2D eigenvalue weighted by Crippen LogP contribution is 2.37. The smallest absolute Gasteiger partial charge is 0.336 e. The zero-order chi connectivity index (χ0) is 14.0. The molecule has 0 radical (unpaired) electrons. The molecule has 0 aliphatic rings. The van der Waals surface area contributed by atoms with E-state index in [4.69, 9.17) is 27.9 Å². The van der Waals surface area contributed by atoms with Crippen molar-refractivity contribution in [3.8, 4) is 16.9 Å². The first-order valence-electron chi connectivity index (χ1n) is 5.40. The fourth-order valence-electron chi connectivity index (χ4n) is 1.80. The predicted octanol–water partition coefficient (Wildman–Crippen LogP) is 4.37. The lowest BCUT2D eigenvalue weighted by Crippen LogP contribution is -1.99. The van der Waals surface area contributed by atoms with Crippen LogP contribution >= 0.6 is 23.2 Å². The molecule has 0 fully saturated rings. The largest absolute Gasteiger partial charge is 0.495 e. The van der Waals surface area contributed by atoms with Gasteiger partial charge in [0.1, 0.15) is 5.75 Å². The van der Waals surface area contributed by atoms with E-state index in [0.717, 1.165) is 0 Å². The Morgan fingerprint density at radius 1 is 1.11 bits per heavy atom. The lowest BCUT2D eigenvalue weighted by Gasteiger charge is -2.11. The first-order chi connectivity index (χ1) is 9.04. The van der Waals surface area contributed by atoms with E-state index in [1.54, 1.807) is 30.3 Å². The summed E-state index contributed by atoms with van der Waals surface area (Å²) in [6, 6.07) is 9.78. The second-order valence-corrected chi connectivity index (χ2v) is 4.63. The van der Waals surface area contributed by atoms with Crippen LogP contribution in [-0.4, -0.2) is 18.2 Å². The average Bonchev–Trinajstić information content (AvgIpc) is 2.40. The van der Waals surface area contributed by atoms with Crippen molar-refractivity contribution in [3.05, 3.63) is 52.0 Å². The van der Waals surface area contributed by atoms with Crippen LogP contribution in [0.25, 0.3) is 11.1 Å². The zero-order valence-corrected chi connectivity index (χ0v) is 11.5. The van der Waals surface area contributed by atoms with Gasteiger partial charge in [0.15, 0.2) is 0 Å². The maximum Gasteiger partial charge on any atom is 0.336 e. The molecule has 0 aromatic heterocycles. The van der Waals surface area contributed by atoms with Crippen molar-refractivity contribution in [3.63, 3.8) is 0 Å². The molecule has 0 aliphatic carbocycles. The summed E-state index contributed by atoms with van der Waals surface area (Å²) in [5.74, 6) is -0.568. The number of aromatic carboxylic acids is 1. The number of rotatable bonds is 3. The quantitative estimate of drug-likeness (QED) is 0.915. The summed E-state index contributed by atoms with van der Waals surface area (Å²) in [7, 11) is 1.49. The van der Waals surface area contributed by atoms with E-state index in [9.17, 15) is 9.90 Å². The fourth-order valence-corrected chi connectivity index (χ4v) is 2.29. The van der Waals surface area contributed by atoms with Gasteiger partial charge in [0.2, 0.25) is 0 Å². The Balaban J connectivity index is 2.66. The highest BCUT2D eigenvalue weighted by molar-refractivity contribution is 6.36. The van der Waals surface area contributed by atoms with E-state index in [1.165, 1.54) is 13.2 Å². The van der Waals surface area contributed by atoms with Gasteiger partial charge in [0, 0.05) is 11.6 Å². The van der Waals surface area contributed by atoms with Crippen molar-refractivity contribution in [1.29, 1.82) is 0 Å². The molecule has 0 saturated heterocycles. The van der Waals surface area contributed by atoms with Gasteiger partial charge in [-0.15, -0.1) is 0 Å². The Morgan fingerprint density at radius 2 is 1.79 bits per heavy atom. The second-order valence-electron chi connectivity index (χ2n) is 3.82. The Hall–Kier alpha value is -1.71. The predicted molar refractivity (Wildman–Crippen MR) is 75.4 cm³/mol. The van der Waals surface area contributed by atoms with Crippen molar-refractivity contribution < 1.29 is 14.6 Å². The van der Waals surface area contributed by atoms with Gasteiger partial charge in [-0.25, -0.2) is 4.79 Å². The SMILES string of the molecule is COc1cc(Cl)c(-c2ccccc2C(=O)O)cc1Cl. The molecule has 1 N–H and O–H groups in total. The third-order valence-corrected chi connectivity index (χ3v) is 3.30. The van der Waals surface area contributed by atoms with E-state index >= 15 is 0 Å². The summed E-state index contributed by atoms with van der Waals surface area (Å²) < 4.78 is 5.06. The molecule has 3 nitrogen and oxygen atoms in total. The topological polar surface area (TPSA) is 46.5 Å². The molecule has 0 aliphatic heterocycles. The van der Waals surface area contributed by atoms with Crippen molar-refractivity contribution in [1.82, 2.24) is 0 Å². The molecular formula is C14H10Cl2O3. The van der Waals surface area contributed by atoms with Crippen LogP contribution in [0.1, 0.15) is 10.4 Å². The van der Waals surface area contributed by atoms with Gasteiger partial charge in [-0.05, 0) is 17.7 Å². The monoisotopic (exact) mass is 296 g/mol. The molecule has 0 heterocycles. The molecule has 0 amide bonds. The minimum Gasteiger partial charge on any atom is -0.495 e. The second kappa shape index (κ2) is 5.51. The van der Waals surface area contributed by atoms with Crippen LogP contribution < -0.4 is 4.74 Å². The number of benzene rings is 2. The standard InChI is InChI=1S/C14H10Cl2O3/c1-19-13-7-11(15)10(6-12(13)16)8-4-2-3-5-9(8)14(17)18/h2-7H,1H3,(H,17,18). The molecule has 2 rings (SSSR count). The number of methoxy groups -OCH3 is 1. The maximum absolute atomic E-state index is 11.2. The molecule has 0 bridgehead atoms. The van der Waals surface area contributed by atoms with Crippen molar-refractivity contribution >= 4 is 29.2 Å². The minimum atomic E-state index is -1.02. The van der Waals surface area contributed by atoms with Crippen LogP contribution in [0.5, 0.6) is 5.75 Å². The van der Waals surface area contributed by atoms with Gasteiger partial charge < -0.3 is 9.84 Å². The van der Waals surface area contributed by atoms with Crippen molar-refractivity contribution in [2.24, 2.45) is 0 Å². The summed E-state index contributed by atoms with van der Waals surface area (Å²) in [6.45, 7) is 0. The van der Waals surface area contributed by atoms with Crippen molar-refractivity contribution in [2.45, 2.75) is 0 Å². The summed E-state index contributed by atoms with van der Waals surface area (Å²) >= 11 is 12.2. The van der Waals surface area contributed by atoms with E-state index in [1.807, 2.05) is 0 Å². The molecule has 0 unspecified atom stereocenters. The van der Waals surface area contributed by atoms with Gasteiger partial charge in [0.25, 0.3) is 0 Å². The van der Waals surface area contributed by atoms with Crippen molar-refractivity contribution in [2.75, 3.05) is 7.11 Å². The number of carboxylic acid groups (broad SMARTS) is 1. The average molecular weight is 297 g/mol. The van der Waals surface area contributed by atoms with E-state index in [0.29, 0.717) is 26.9 Å². The van der Waals surface area contributed by atoms with Gasteiger partial charge >= 0.3 is 5.97 Å². The van der Waals surface area contributed by atoms with E-state index in [-0.39, 0.29) is 5.56 Å². The number of hydrogen-bond acceptors (Lipinski definition) is 2. The van der Waals surface area contributed by atoms with Crippen LogP contribution in [0, 0.1) is 0 Å². The third-order valence-electron chi connectivity index (χ3n) is 2.69. The van der Waals surface area contributed by atoms with Crippen LogP contribution in [0.3, 0.4) is 0 Å². The highest BCUT2D eigenvalue weighted by atomic mass is 35.5. The summed E-state index contributed by atoms with van der Waals surface area (Å²) in [5, 5.41) is 9.95. The molecule has 19 heavy (non-hydrogen) atoms. The lowest BCUT2D eigenvalue weighted by atomic mass is 9.99. The molecular weight excluding hydrogens is 287 g/mol.